The van der Waals surface area contributed by atoms with Crippen LogP contribution in [0.15, 0.2) is 18.2 Å². The lowest BCUT2D eigenvalue weighted by Gasteiger charge is -2.24. The van der Waals surface area contributed by atoms with Crippen LogP contribution in [0, 0.1) is 11.7 Å². The van der Waals surface area contributed by atoms with Gasteiger partial charge in [-0.05, 0) is 39.1 Å². The molecule has 23 heavy (non-hydrogen) atoms. The minimum Gasteiger partial charge on any atom is -0.308 e. The van der Waals surface area contributed by atoms with Crippen molar-refractivity contribution in [3.05, 3.63) is 24.0 Å². The average Bonchev–Trinajstić information content (AvgIpc) is 3.16. The van der Waals surface area contributed by atoms with E-state index in [-0.39, 0.29) is 17.6 Å². The van der Waals surface area contributed by atoms with Gasteiger partial charge in [0.25, 0.3) is 0 Å². The number of benzene rings is 1. The number of para-hydroxylation sites is 1. The van der Waals surface area contributed by atoms with E-state index in [1.165, 1.54) is 17.4 Å². The van der Waals surface area contributed by atoms with Crippen molar-refractivity contribution in [3.8, 4) is 0 Å². The molecule has 0 unspecified atom stereocenters. The highest BCUT2D eigenvalue weighted by atomic mass is 32.1. The molecule has 1 amide bonds. The van der Waals surface area contributed by atoms with Gasteiger partial charge in [-0.1, -0.05) is 30.2 Å². The van der Waals surface area contributed by atoms with Crippen LogP contribution in [0.3, 0.4) is 0 Å². The van der Waals surface area contributed by atoms with E-state index in [1.54, 1.807) is 11.0 Å². The number of anilines is 1. The molecular weight excluding hydrogens is 313 g/mol. The highest BCUT2D eigenvalue weighted by Crippen LogP contribution is 2.33. The van der Waals surface area contributed by atoms with Crippen LogP contribution in [-0.2, 0) is 4.79 Å². The van der Waals surface area contributed by atoms with Crippen LogP contribution in [0.25, 0.3) is 10.2 Å². The van der Waals surface area contributed by atoms with Crippen LogP contribution in [0.4, 0.5) is 9.52 Å². The number of thiazole rings is 1. The van der Waals surface area contributed by atoms with Crippen molar-refractivity contribution < 1.29 is 9.18 Å². The molecule has 2 aromatic rings. The van der Waals surface area contributed by atoms with Gasteiger partial charge in [0, 0.05) is 19.0 Å². The molecule has 1 saturated carbocycles. The van der Waals surface area contributed by atoms with E-state index in [0.717, 1.165) is 36.9 Å². The summed E-state index contributed by atoms with van der Waals surface area (Å²) >= 11 is 1.39. The van der Waals surface area contributed by atoms with E-state index in [9.17, 15) is 9.18 Å². The summed E-state index contributed by atoms with van der Waals surface area (Å²) in [5, 5.41) is 0.615. The van der Waals surface area contributed by atoms with Crippen LogP contribution in [0.1, 0.15) is 25.7 Å². The van der Waals surface area contributed by atoms with Crippen molar-refractivity contribution in [2.24, 2.45) is 5.92 Å². The molecule has 3 rings (SSSR count). The van der Waals surface area contributed by atoms with Gasteiger partial charge in [0.05, 0.1) is 4.70 Å². The third-order valence-corrected chi connectivity index (χ3v) is 5.37. The summed E-state index contributed by atoms with van der Waals surface area (Å²) in [5.41, 5.74) is 0.363. The van der Waals surface area contributed by atoms with E-state index >= 15 is 0 Å². The van der Waals surface area contributed by atoms with Crippen LogP contribution in [0.5, 0.6) is 0 Å². The molecule has 1 aromatic heterocycles. The maximum absolute atomic E-state index is 13.9. The van der Waals surface area contributed by atoms with Gasteiger partial charge in [0.1, 0.15) is 11.3 Å². The van der Waals surface area contributed by atoms with Crippen molar-refractivity contribution in [2.45, 2.75) is 25.7 Å². The third kappa shape index (κ3) is 3.53. The lowest BCUT2D eigenvalue weighted by molar-refractivity contribution is -0.122. The van der Waals surface area contributed by atoms with Gasteiger partial charge in [0.2, 0.25) is 5.91 Å². The Balaban J connectivity index is 1.91. The molecule has 4 nitrogen and oxygen atoms in total. The van der Waals surface area contributed by atoms with E-state index < -0.39 is 0 Å². The number of halogens is 1. The van der Waals surface area contributed by atoms with Crippen molar-refractivity contribution in [2.75, 3.05) is 32.1 Å². The maximum atomic E-state index is 13.9. The minimum atomic E-state index is -0.328. The molecule has 0 N–H and O–H groups in total. The normalized spacial score (nSPS) is 15.7. The predicted octanol–water partition coefficient (Wildman–Crippen LogP) is 3.52. The van der Waals surface area contributed by atoms with Gasteiger partial charge >= 0.3 is 0 Å². The van der Waals surface area contributed by atoms with Gasteiger partial charge in [-0.15, -0.1) is 0 Å². The van der Waals surface area contributed by atoms with Gasteiger partial charge in [-0.2, -0.15) is 0 Å². The molecule has 0 saturated heterocycles. The summed E-state index contributed by atoms with van der Waals surface area (Å²) in [6.45, 7) is 1.35. The van der Waals surface area contributed by atoms with Crippen molar-refractivity contribution in [3.63, 3.8) is 0 Å². The number of nitrogens with zero attached hydrogens (tertiary/aromatic N) is 3. The van der Waals surface area contributed by atoms with Crippen LogP contribution in [-0.4, -0.2) is 43.0 Å². The van der Waals surface area contributed by atoms with Gasteiger partial charge in [-0.25, -0.2) is 9.37 Å². The molecule has 0 radical (unpaired) electrons. The van der Waals surface area contributed by atoms with Crippen molar-refractivity contribution >= 4 is 32.6 Å². The van der Waals surface area contributed by atoms with Crippen molar-refractivity contribution in [1.82, 2.24) is 9.88 Å². The zero-order valence-electron chi connectivity index (χ0n) is 13.6. The molecule has 1 aliphatic rings. The Morgan fingerprint density at radius 3 is 2.70 bits per heavy atom. The Morgan fingerprint density at radius 2 is 2.04 bits per heavy atom. The summed E-state index contributed by atoms with van der Waals surface area (Å²) in [6, 6.07) is 4.95. The highest BCUT2D eigenvalue weighted by Gasteiger charge is 2.29. The monoisotopic (exact) mass is 335 g/mol. The molecule has 1 aliphatic carbocycles. The first-order valence-corrected chi connectivity index (χ1v) is 8.89. The third-order valence-electron chi connectivity index (χ3n) is 4.33. The number of fused-ring (bicyclic) bond motifs is 1. The first-order valence-electron chi connectivity index (χ1n) is 8.07. The largest absolute Gasteiger partial charge is 0.308 e. The number of hydrogen-bond donors (Lipinski definition) is 0. The molecule has 0 bridgehead atoms. The Kier molecular flexibility index (Phi) is 4.92. The smallest absolute Gasteiger partial charge is 0.231 e. The van der Waals surface area contributed by atoms with Gasteiger partial charge < -0.3 is 4.90 Å². The lowest BCUT2D eigenvalue weighted by atomic mass is 10.1. The second-order valence-corrected chi connectivity index (χ2v) is 7.37. The highest BCUT2D eigenvalue weighted by molar-refractivity contribution is 7.22. The van der Waals surface area contributed by atoms with E-state index in [1.807, 2.05) is 25.1 Å². The van der Waals surface area contributed by atoms with Gasteiger partial charge in [0.15, 0.2) is 5.13 Å². The number of amides is 1. The summed E-state index contributed by atoms with van der Waals surface area (Å²) in [6.07, 6.45) is 4.14. The van der Waals surface area contributed by atoms with Crippen LogP contribution in [0.2, 0.25) is 0 Å². The minimum absolute atomic E-state index is 0.0917. The zero-order valence-corrected chi connectivity index (χ0v) is 14.4. The molecule has 0 atom stereocenters. The standard InChI is InChI=1S/C17H22FN3OS/c1-20(2)10-11-21(16(22)12-6-3-4-7-12)17-19-15-13(18)8-5-9-14(15)23-17/h5,8-9,12H,3-4,6-7,10-11H2,1-2H3. The number of aromatic nitrogens is 1. The summed E-state index contributed by atoms with van der Waals surface area (Å²) in [5.74, 6) is -0.0938. The molecule has 6 heteroatoms. The Labute approximate surface area is 139 Å². The fourth-order valence-corrected chi connectivity index (χ4v) is 4.02. The lowest BCUT2D eigenvalue weighted by Crippen LogP contribution is -2.39. The fourth-order valence-electron chi connectivity index (χ4n) is 3.01. The number of likely N-dealkylation sites (N-methyl/N-ethyl adjacent to an activating group) is 1. The van der Waals surface area contributed by atoms with Crippen molar-refractivity contribution in [1.29, 1.82) is 0 Å². The molecule has 0 aliphatic heterocycles. The SMILES string of the molecule is CN(C)CCN(C(=O)C1CCCC1)c1nc2c(F)cccc2s1. The topological polar surface area (TPSA) is 36.4 Å². The van der Waals surface area contributed by atoms with E-state index in [2.05, 4.69) is 4.98 Å². The van der Waals surface area contributed by atoms with Crippen LogP contribution < -0.4 is 4.90 Å². The Hall–Kier alpha value is -1.53. The number of rotatable bonds is 5. The summed E-state index contributed by atoms with van der Waals surface area (Å²) in [7, 11) is 3.96. The van der Waals surface area contributed by atoms with Gasteiger partial charge in [-0.3, -0.25) is 9.69 Å². The summed E-state index contributed by atoms with van der Waals surface area (Å²) < 4.78 is 14.7. The second kappa shape index (κ2) is 6.93. The quantitative estimate of drug-likeness (QED) is 0.839. The molecule has 0 spiro atoms. The second-order valence-electron chi connectivity index (χ2n) is 6.36. The molecule has 1 aromatic carbocycles. The summed E-state index contributed by atoms with van der Waals surface area (Å²) in [4.78, 5) is 21.1. The Bertz CT molecular complexity index is 694. The van der Waals surface area contributed by atoms with E-state index in [4.69, 9.17) is 0 Å². The Morgan fingerprint density at radius 1 is 1.30 bits per heavy atom. The fraction of sp³-hybridized carbons (Fsp3) is 0.529. The predicted molar refractivity (Wildman–Crippen MR) is 92.4 cm³/mol. The maximum Gasteiger partial charge on any atom is 0.231 e. The molecule has 1 fully saturated rings. The molecular formula is C17H22FN3OS. The first kappa shape index (κ1) is 16.3. The van der Waals surface area contributed by atoms with Crippen LogP contribution >= 0.6 is 11.3 Å². The number of hydrogen-bond acceptors (Lipinski definition) is 4. The first-order chi connectivity index (χ1) is 11.1. The molecule has 124 valence electrons. The van der Waals surface area contributed by atoms with E-state index in [0.29, 0.717) is 17.2 Å². The average molecular weight is 335 g/mol. The number of carbonyl (C=O) groups is 1. The molecule has 1 heterocycles. The number of carbonyl (C=O) groups excluding carboxylic acids is 1. The zero-order chi connectivity index (χ0) is 16.4.